The average molecular weight is 422 g/mol. The maximum absolute atomic E-state index is 11.5. The summed E-state index contributed by atoms with van der Waals surface area (Å²) in [6.07, 6.45) is 3.80. The number of aliphatic imine (C=N–C) groups is 1. The molecule has 1 fully saturated rings. The van der Waals surface area contributed by atoms with E-state index < -0.39 is 0 Å². The molecule has 0 spiro atoms. The van der Waals surface area contributed by atoms with E-state index >= 15 is 0 Å². The molecule has 1 heterocycles. The van der Waals surface area contributed by atoms with Gasteiger partial charge >= 0.3 is 0 Å². The van der Waals surface area contributed by atoms with Crippen LogP contribution >= 0.6 is 0 Å². The number of guanidine groups is 1. The van der Waals surface area contributed by atoms with Gasteiger partial charge in [-0.15, -0.1) is 0 Å². The maximum Gasteiger partial charge on any atom is 0.221 e. The van der Waals surface area contributed by atoms with Gasteiger partial charge in [0, 0.05) is 18.8 Å². The Bertz CT molecular complexity index is 902. The Balaban J connectivity index is 1.63. The minimum absolute atomic E-state index is 0.0357. The zero-order valence-corrected chi connectivity index (χ0v) is 18.7. The topological polar surface area (TPSA) is 96.7 Å². The van der Waals surface area contributed by atoms with Gasteiger partial charge in [-0.1, -0.05) is 56.3 Å². The first-order chi connectivity index (χ1) is 15.0. The zero-order valence-electron chi connectivity index (χ0n) is 18.7. The van der Waals surface area contributed by atoms with Crippen molar-refractivity contribution in [3.63, 3.8) is 0 Å². The van der Waals surface area contributed by atoms with Crippen molar-refractivity contribution in [2.75, 3.05) is 18.4 Å². The van der Waals surface area contributed by atoms with Crippen LogP contribution in [0.5, 0.6) is 0 Å². The normalized spacial score (nSPS) is 17.5. The first-order valence-corrected chi connectivity index (χ1v) is 11.3. The van der Waals surface area contributed by atoms with Crippen LogP contribution in [0.15, 0.2) is 47.5 Å². The van der Waals surface area contributed by atoms with E-state index in [2.05, 4.69) is 71.5 Å². The number of nitrogens with zero attached hydrogens (tertiary/aromatic N) is 2. The summed E-state index contributed by atoms with van der Waals surface area (Å²) in [5.41, 5.74) is 17.6. The van der Waals surface area contributed by atoms with Crippen molar-refractivity contribution in [2.45, 2.75) is 52.6 Å². The molecule has 1 atom stereocenters. The quantitative estimate of drug-likeness (QED) is 0.449. The van der Waals surface area contributed by atoms with Crippen LogP contribution in [0.3, 0.4) is 0 Å². The lowest BCUT2D eigenvalue weighted by Gasteiger charge is -2.31. The van der Waals surface area contributed by atoms with Crippen LogP contribution in [-0.4, -0.2) is 29.9 Å². The molecule has 0 bridgehead atoms. The number of nitrogens with one attached hydrogen (secondary N) is 1. The van der Waals surface area contributed by atoms with E-state index in [0.717, 1.165) is 56.6 Å². The first kappa shape index (κ1) is 22.8. The van der Waals surface area contributed by atoms with Crippen LogP contribution in [0.1, 0.15) is 48.9 Å². The lowest BCUT2D eigenvalue weighted by atomic mass is 9.97. The summed E-state index contributed by atoms with van der Waals surface area (Å²) in [6.45, 7) is 7.37. The average Bonchev–Trinajstić information content (AvgIpc) is 2.78. The Kier molecular flexibility index (Phi) is 8.06. The molecule has 1 unspecified atom stereocenters. The van der Waals surface area contributed by atoms with Crippen molar-refractivity contribution in [2.24, 2.45) is 22.4 Å². The molecule has 0 saturated carbocycles. The van der Waals surface area contributed by atoms with Crippen molar-refractivity contribution >= 4 is 17.6 Å². The third kappa shape index (κ3) is 6.31. The van der Waals surface area contributed by atoms with Crippen LogP contribution in [0.4, 0.5) is 5.69 Å². The number of hydrogen-bond acceptors (Lipinski definition) is 3. The predicted molar refractivity (Wildman–Crippen MR) is 128 cm³/mol. The number of likely N-dealkylation sites (tertiary alicyclic amines) is 1. The molecule has 0 aromatic heterocycles. The summed E-state index contributed by atoms with van der Waals surface area (Å²) in [5, 5.41) is 3.32. The van der Waals surface area contributed by atoms with Gasteiger partial charge in [-0.2, -0.15) is 0 Å². The molecule has 1 saturated heterocycles. The smallest absolute Gasteiger partial charge is 0.221 e. The number of carbonyl (C=O) groups excluding carboxylic acids is 1. The van der Waals surface area contributed by atoms with Gasteiger partial charge in [-0.25, -0.2) is 4.99 Å². The number of para-hydroxylation sites is 1. The highest BCUT2D eigenvalue weighted by atomic mass is 16.1. The summed E-state index contributed by atoms with van der Waals surface area (Å²) in [6, 6.07) is 14.8. The monoisotopic (exact) mass is 421 g/mol. The molecule has 6 nitrogen and oxygen atoms in total. The van der Waals surface area contributed by atoms with Gasteiger partial charge in [0.25, 0.3) is 0 Å². The van der Waals surface area contributed by atoms with Crippen LogP contribution in [0.25, 0.3) is 0 Å². The molecule has 1 amide bonds. The standard InChI is InChI=1S/C25H35N5O/c1-3-20-10-6-11-21(4-2)23(20)29-25(27)28-15-18-8-5-9-19(14-18)16-30-13-7-12-22(17-30)24(26)31/h5-6,8-11,14,22H,3-4,7,12-13,15-17H2,1-2H3,(H2,26,31)(H3,27,28,29). The molecule has 1 aliphatic heterocycles. The van der Waals surface area contributed by atoms with E-state index in [4.69, 9.17) is 11.5 Å². The van der Waals surface area contributed by atoms with Gasteiger partial charge in [-0.3, -0.25) is 9.69 Å². The van der Waals surface area contributed by atoms with E-state index in [9.17, 15) is 4.79 Å². The third-order valence-corrected chi connectivity index (χ3v) is 5.99. The molecule has 3 rings (SSSR count). The van der Waals surface area contributed by atoms with E-state index in [0.29, 0.717) is 12.5 Å². The number of primary amides is 1. The van der Waals surface area contributed by atoms with Crippen molar-refractivity contribution in [3.05, 3.63) is 64.7 Å². The van der Waals surface area contributed by atoms with Crippen LogP contribution < -0.4 is 16.8 Å². The molecule has 2 aromatic carbocycles. The largest absolute Gasteiger partial charge is 0.370 e. The molecule has 2 aromatic rings. The van der Waals surface area contributed by atoms with Crippen LogP contribution in [0.2, 0.25) is 0 Å². The number of nitrogens with two attached hydrogens (primary N) is 2. The second-order valence-electron chi connectivity index (χ2n) is 8.28. The van der Waals surface area contributed by atoms with Crippen molar-refractivity contribution in [3.8, 4) is 0 Å². The summed E-state index contributed by atoms with van der Waals surface area (Å²) in [4.78, 5) is 18.4. The molecule has 1 aliphatic rings. The number of aryl methyl sites for hydroxylation is 2. The van der Waals surface area contributed by atoms with Gasteiger partial charge in [0.15, 0.2) is 5.96 Å². The number of anilines is 1. The van der Waals surface area contributed by atoms with Crippen molar-refractivity contribution < 1.29 is 4.79 Å². The van der Waals surface area contributed by atoms with Crippen molar-refractivity contribution in [1.82, 2.24) is 4.90 Å². The molecule has 5 N–H and O–H groups in total. The first-order valence-electron chi connectivity index (χ1n) is 11.3. The molecule has 166 valence electrons. The maximum atomic E-state index is 11.5. The second-order valence-corrected chi connectivity index (χ2v) is 8.28. The zero-order chi connectivity index (χ0) is 22.2. The second kappa shape index (κ2) is 11.0. The Morgan fingerprint density at radius 3 is 2.45 bits per heavy atom. The Morgan fingerprint density at radius 2 is 1.77 bits per heavy atom. The molecular weight excluding hydrogens is 386 g/mol. The van der Waals surface area contributed by atoms with Crippen LogP contribution in [0, 0.1) is 5.92 Å². The van der Waals surface area contributed by atoms with Gasteiger partial charge in [0.05, 0.1) is 12.5 Å². The lowest BCUT2D eigenvalue weighted by molar-refractivity contribution is -0.123. The van der Waals surface area contributed by atoms with Gasteiger partial charge in [0.1, 0.15) is 0 Å². The highest BCUT2D eigenvalue weighted by molar-refractivity contribution is 5.93. The van der Waals surface area contributed by atoms with Crippen LogP contribution in [-0.2, 0) is 30.7 Å². The number of carbonyl (C=O) groups is 1. The number of rotatable bonds is 8. The molecule has 0 aliphatic carbocycles. The third-order valence-electron chi connectivity index (χ3n) is 5.99. The SMILES string of the molecule is CCc1cccc(CC)c1NC(N)=NCc1cccc(CN2CCCC(C(N)=O)C2)c1. The Morgan fingerprint density at radius 1 is 1.10 bits per heavy atom. The van der Waals surface area contributed by atoms with E-state index in [1.165, 1.54) is 16.7 Å². The molecular formula is C25H35N5O. The fraction of sp³-hybridized carbons (Fsp3) is 0.440. The summed E-state index contributed by atoms with van der Waals surface area (Å²) >= 11 is 0. The minimum atomic E-state index is -0.188. The highest BCUT2D eigenvalue weighted by Gasteiger charge is 2.23. The van der Waals surface area contributed by atoms with Gasteiger partial charge < -0.3 is 16.8 Å². The number of piperidine rings is 1. The predicted octanol–water partition coefficient (Wildman–Crippen LogP) is 3.44. The molecule has 31 heavy (non-hydrogen) atoms. The van der Waals surface area contributed by atoms with Gasteiger partial charge in [0.2, 0.25) is 5.91 Å². The van der Waals surface area contributed by atoms with E-state index in [1.54, 1.807) is 0 Å². The summed E-state index contributed by atoms with van der Waals surface area (Å²) in [5.74, 6) is 0.208. The summed E-state index contributed by atoms with van der Waals surface area (Å²) in [7, 11) is 0. The number of hydrogen-bond donors (Lipinski definition) is 3. The van der Waals surface area contributed by atoms with E-state index in [-0.39, 0.29) is 11.8 Å². The van der Waals surface area contributed by atoms with Gasteiger partial charge in [-0.05, 0) is 54.5 Å². The molecule has 0 radical (unpaired) electrons. The Labute approximate surface area is 185 Å². The van der Waals surface area contributed by atoms with E-state index in [1.807, 2.05) is 0 Å². The number of benzene rings is 2. The Hall–Kier alpha value is -2.86. The van der Waals surface area contributed by atoms with Crippen molar-refractivity contribution in [1.29, 1.82) is 0 Å². The minimum Gasteiger partial charge on any atom is -0.370 e. The summed E-state index contributed by atoms with van der Waals surface area (Å²) < 4.78 is 0. The lowest BCUT2D eigenvalue weighted by Crippen LogP contribution is -2.40. The highest BCUT2D eigenvalue weighted by Crippen LogP contribution is 2.22. The number of amides is 1. The fourth-order valence-corrected chi connectivity index (χ4v) is 4.26. The fourth-order valence-electron chi connectivity index (χ4n) is 4.26. The molecule has 6 heteroatoms.